The maximum Gasteiger partial charge on any atom is 0.446 e. The summed E-state index contributed by atoms with van der Waals surface area (Å²) in [5.41, 5.74) is 4.96. The number of hydrogen-bond donors (Lipinski definition) is 2. The molecule has 2 rings (SSSR count). The van der Waals surface area contributed by atoms with Crippen molar-refractivity contribution in [2.45, 2.75) is 26.7 Å². The number of allylic oxidation sites excluding steroid dienone is 2. The summed E-state index contributed by atoms with van der Waals surface area (Å²) in [6.07, 6.45) is 1.48. The first kappa shape index (κ1) is 26.1. The van der Waals surface area contributed by atoms with Gasteiger partial charge >= 0.3 is 10.4 Å². The Morgan fingerprint density at radius 3 is 2.27 bits per heavy atom. The number of nitrogens with one attached hydrogen (secondary N) is 1. The van der Waals surface area contributed by atoms with Crippen LogP contribution >= 0.6 is 0 Å². The molecule has 0 amide bonds. The summed E-state index contributed by atoms with van der Waals surface area (Å²) in [4.78, 5) is 0. The lowest BCUT2D eigenvalue weighted by atomic mass is 9.91. The van der Waals surface area contributed by atoms with Gasteiger partial charge in [0, 0.05) is 14.1 Å². The standard InChI is InChI=1S/C22H30N6O4S/c1-6-19(16-9-8-10-18(13-16)25-24-15-23-3)20(7-2)17-11-12-22(32-33(29,30)31)21(14-17)26-27-28(4)5/h8-14,23H,6-7,15H2,1-5H3,(H,29,30,31)/b20-19+,25-24?,27-26?. The molecular formula is C22H30N6O4S. The van der Waals surface area contributed by atoms with Crippen molar-refractivity contribution in [3.63, 3.8) is 0 Å². The molecule has 0 radical (unpaired) electrons. The maximum absolute atomic E-state index is 11.3. The molecule has 0 aromatic heterocycles. The number of rotatable bonds is 11. The monoisotopic (exact) mass is 474 g/mol. The van der Waals surface area contributed by atoms with Crippen LogP contribution in [0, 0.1) is 0 Å². The summed E-state index contributed by atoms with van der Waals surface area (Å²) in [5.74, 6) is -0.118. The first-order valence-electron chi connectivity index (χ1n) is 10.4. The zero-order valence-corrected chi connectivity index (χ0v) is 20.3. The van der Waals surface area contributed by atoms with Gasteiger partial charge in [0.2, 0.25) is 0 Å². The molecule has 0 unspecified atom stereocenters. The average Bonchev–Trinajstić information content (AvgIpc) is 2.76. The highest BCUT2D eigenvalue weighted by molar-refractivity contribution is 7.81. The van der Waals surface area contributed by atoms with Gasteiger partial charge < -0.3 is 4.18 Å². The van der Waals surface area contributed by atoms with Crippen molar-refractivity contribution >= 4 is 32.9 Å². The highest BCUT2D eigenvalue weighted by Gasteiger charge is 2.16. The molecule has 0 fully saturated rings. The fraction of sp³-hybridized carbons (Fsp3) is 0.364. The molecule has 0 heterocycles. The zero-order valence-electron chi connectivity index (χ0n) is 19.5. The molecule has 0 saturated carbocycles. The summed E-state index contributed by atoms with van der Waals surface area (Å²) in [5, 5.41) is 20.7. The summed E-state index contributed by atoms with van der Waals surface area (Å²) in [6, 6.07) is 12.7. The van der Waals surface area contributed by atoms with E-state index >= 15 is 0 Å². The van der Waals surface area contributed by atoms with Crippen LogP contribution in [-0.4, -0.2) is 45.8 Å². The van der Waals surface area contributed by atoms with E-state index in [1.165, 1.54) is 11.1 Å². The van der Waals surface area contributed by atoms with Gasteiger partial charge in [0.05, 0.1) is 5.69 Å². The van der Waals surface area contributed by atoms with Crippen molar-refractivity contribution < 1.29 is 17.2 Å². The molecule has 0 aliphatic heterocycles. The molecule has 33 heavy (non-hydrogen) atoms. The van der Waals surface area contributed by atoms with E-state index in [0.29, 0.717) is 6.67 Å². The van der Waals surface area contributed by atoms with E-state index in [4.69, 9.17) is 4.55 Å². The zero-order chi connectivity index (χ0) is 24.4. The molecule has 178 valence electrons. The van der Waals surface area contributed by atoms with Gasteiger partial charge in [-0.2, -0.15) is 18.6 Å². The third-order valence-electron chi connectivity index (χ3n) is 4.51. The lowest BCUT2D eigenvalue weighted by molar-refractivity contribution is 0.385. The highest BCUT2D eigenvalue weighted by Crippen LogP contribution is 2.37. The van der Waals surface area contributed by atoms with Gasteiger partial charge in [-0.3, -0.25) is 14.9 Å². The van der Waals surface area contributed by atoms with Gasteiger partial charge in [0.25, 0.3) is 0 Å². The van der Waals surface area contributed by atoms with Crippen molar-refractivity contribution in [1.82, 2.24) is 10.3 Å². The molecule has 0 aliphatic carbocycles. The second-order valence-electron chi connectivity index (χ2n) is 7.20. The summed E-state index contributed by atoms with van der Waals surface area (Å²) in [7, 11) is 0.468. The van der Waals surface area contributed by atoms with Gasteiger partial charge in [0.1, 0.15) is 12.4 Å². The van der Waals surface area contributed by atoms with Gasteiger partial charge in [0.15, 0.2) is 5.75 Å². The van der Waals surface area contributed by atoms with E-state index in [1.54, 1.807) is 33.3 Å². The Bertz CT molecular complexity index is 1140. The minimum Gasteiger partial charge on any atom is -0.359 e. The molecule has 2 N–H and O–H groups in total. The number of azo groups is 1. The number of nitrogens with zero attached hydrogens (tertiary/aromatic N) is 5. The Labute approximate surface area is 195 Å². The predicted octanol–water partition coefficient (Wildman–Crippen LogP) is 5.42. The van der Waals surface area contributed by atoms with E-state index < -0.39 is 10.4 Å². The van der Waals surface area contributed by atoms with Crippen molar-refractivity contribution in [2.75, 3.05) is 27.8 Å². The van der Waals surface area contributed by atoms with Crippen LogP contribution in [-0.2, 0) is 10.4 Å². The second-order valence-corrected chi connectivity index (χ2v) is 8.22. The molecule has 10 nitrogen and oxygen atoms in total. The lowest BCUT2D eigenvalue weighted by Gasteiger charge is -2.16. The number of hydrogen-bond acceptors (Lipinski definition) is 8. The van der Waals surface area contributed by atoms with Crippen LogP contribution < -0.4 is 9.50 Å². The van der Waals surface area contributed by atoms with Crippen LogP contribution in [0.1, 0.15) is 37.8 Å². The molecule has 0 aliphatic rings. The average molecular weight is 475 g/mol. The summed E-state index contributed by atoms with van der Waals surface area (Å²) in [6.45, 7) is 4.55. The van der Waals surface area contributed by atoms with Crippen LogP contribution in [0.4, 0.5) is 11.4 Å². The normalized spacial score (nSPS) is 12.9. The van der Waals surface area contributed by atoms with E-state index in [-0.39, 0.29) is 11.4 Å². The van der Waals surface area contributed by atoms with Crippen molar-refractivity contribution in [1.29, 1.82) is 0 Å². The van der Waals surface area contributed by atoms with E-state index in [2.05, 4.69) is 37.0 Å². The van der Waals surface area contributed by atoms with Crippen LogP contribution in [0.5, 0.6) is 5.75 Å². The molecule has 0 atom stereocenters. The SMILES string of the molecule is CC/C(=C(/CC)c1ccc(OS(=O)(=O)O)c(N=NN(C)C)c1)c1cccc(N=NCNC)c1. The third-order valence-corrected chi connectivity index (χ3v) is 4.91. The maximum atomic E-state index is 11.3. The lowest BCUT2D eigenvalue weighted by Crippen LogP contribution is -2.07. The van der Waals surface area contributed by atoms with E-state index in [0.717, 1.165) is 40.8 Å². The molecular weight excluding hydrogens is 444 g/mol. The molecule has 0 saturated heterocycles. The third kappa shape index (κ3) is 8.04. The topological polar surface area (TPSA) is 128 Å². The molecule has 2 aromatic rings. The van der Waals surface area contributed by atoms with Crippen molar-refractivity contribution in [3.8, 4) is 5.75 Å². The molecule has 0 spiro atoms. The largest absolute Gasteiger partial charge is 0.446 e. The van der Waals surface area contributed by atoms with Crippen LogP contribution in [0.3, 0.4) is 0 Å². The second kappa shape index (κ2) is 12.2. The Morgan fingerprint density at radius 2 is 1.70 bits per heavy atom. The Hall–Kier alpha value is -3.15. The van der Waals surface area contributed by atoms with Crippen LogP contribution in [0.25, 0.3) is 11.1 Å². The smallest absolute Gasteiger partial charge is 0.359 e. The van der Waals surface area contributed by atoms with Crippen LogP contribution in [0.2, 0.25) is 0 Å². The van der Waals surface area contributed by atoms with Gasteiger partial charge in [-0.15, -0.1) is 5.11 Å². The van der Waals surface area contributed by atoms with Crippen molar-refractivity contribution in [2.24, 2.45) is 20.6 Å². The highest BCUT2D eigenvalue weighted by atomic mass is 32.3. The van der Waals surface area contributed by atoms with E-state index in [1.807, 2.05) is 31.2 Å². The van der Waals surface area contributed by atoms with Gasteiger partial charge in [-0.05, 0) is 66.4 Å². The predicted molar refractivity (Wildman–Crippen MR) is 129 cm³/mol. The first-order chi connectivity index (χ1) is 15.7. The fourth-order valence-corrected chi connectivity index (χ4v) is 3.60. The first-order valence-corrected chi connectivity index (χ1v) is 11.8. The van der Waals surface area contributed by atoms with Gasteiger partial charge in [-0.25, -0.2) is 0 Å². The number of benzene rings is 2. The molecule has 11 heteroatoms. The van der Waals surface area contributed by atoms with E-state index in [9.17, 15) is 8.42 Å². The minimum atomic E-state index is -4.71. The molecule has 0 bridgehead atoms. The minimum absolute atomic E-state index is 0.118. The van der Waals surface area contributed by atoms with Gasteiger partial charge in [-0.1, -0.05) is 37.3 Å². The van der Waals surface area contributed by atoms with Crippen LogP contribution in [0.15, 0.2) is 63.0 Å². The Balaban J connectivity index is 2.60. The quantitative estimate of drug-likeness (QED) is 0.194. The summed E-state index contributed by atoms with van der Waals surface area (Å²) < 4.78 is 36.3. The molecule has 2 aromatic carbocycles. The summed E-state index contributed by atoms with van der Waals surface area (Å²) >= 11 is 0. The fourth-order valence-electron chi connectivity index (χ4n) is 3.23. The Kier molecular flexibility index (Phi) is 9.64. The van der Waals surface area contributed by atoms with Crippen molar-refractivity contribution in [3.05, 3.63) is 53.6 Å². The Morgan fingerprint density at radius 1 is 1.03 bits per heavy atom.